The number of benzene rings is 2. The number of pyridine rings is 1. The smallest absolute Gasteiger partial charge is 0.335 e. The summed E-state index contributed by atoms with van der Waals surface area (Å²) < 4.78 is 1.77. The van der Waals surface area contributed by atoms with Gasteiger partial charge in [-0.25, -0.2) is 14.5 Å². The number of carboxylic acid groups (broad SMARTS) is 1. The Bertz CT molecular complexity index is 1200. The number of carbonyl (C=O) groups is 1. The van der Waals surface area contributed by atoms with E-state index in [9.17, 15) is 15.0 Å². The van der Waals surface area contributed by atoms with Crippen molar-refractivity contribution in [3.8, 4) is 11.4 Å². The fourth-order valence-corrected chi connectivity index (χ4v) is 3.22. The Morgan fingerprint density at radius 3 is 2.54 bits per heavy atom. The van der Waals surface area contributed by atoms with E-state index < -0.39 is 5.97 Å². The fraction of sp³-hybridized carbons (Fsp3) is 0.0952. The zero-order valence-electron chi connectivity index (χ0n) is 15.3. The monoisotopic (exact) mass is 374 g/mol. The van der Waals surface area contributed by atoms with Crippen LogP contribution in [0.25, 0.3) is 16.7 Å². The molecular weight excluding hydrogens is 356 g/mol. The lowest BCUT2D eigenvalue weighted by Gasteiger charge is -2.11. The predicted molar refractivity (Wildman–Crippen MR) is 107 cm³/mol. The van der Waals surface area contributed by atoms with E-state index in [1.807, 2.05) is 50.2 Å². The summed E-state index contributed by atoms with van der Waals surface area (Å²) in [6.07, 6.45) is 0. The van der Waals surface area contributed by atoms with Crippen LogP contribution in [0.15, 0.2) is 54.6 Å². The van der Waals surface area contributed by atoms with Gasteiger partial charge in [0, 0.05) is 5.39 Å². The molecule has 4 aromatic rings. The first-order chi connectivity index (χ1) is 13.4. The van der Waals surface area contributed by atoms with Crippen LogP contribution >= 0.6 is 0 Å². The van der Waals surface area contributed by atoms with E-state index >= 15 is 0 Å². The summed E-state index contributed by atoms with van der Waals surface area (Å²) >= 11 is 0. The van der Waals surface area contributed by atoms with Gasteiger partial charge < -0.3 is 15.5 Å². The number of aryl methyl sites for hydroxylation is 2. The number of hydrogen-bond acceptors (Lipinski definition) is 5. The minimum atomic E-state index is -1.07. The molecule has 0 saturated carbocycles. The zero-order chi connectivity index (χ0) is 19.8. The molecule has 2 aromatic carbocycles. The predicted octanol–water partition coefficient (Wildman–Crippen LogP) is 4.18. The molecule has 28 heavy (non-hydrogen) atoms. The average Bonchev–Trinajstić information content (AvgIpc) is 3.01. The van der Waals surface area contributed by atoms with Crippen molar-refractivity contribution in [3.05, 3.63) is 71.4 Å². The SMILES string of the molecule is Cc1cc(Nc2cc(C(=O)O)ccc2O)nc2c1c(C)nn2-c1ccccc1. The van der Waals surface area contributed by atoms with Crippen LogP contribution in [0.3, 0.4) is 0 Å². The van der Waals surface area contributed by atoms with Crippen molar-refractivity contribution in [1.29, 1.82) is 0 Å². The molecule has 0 bridgehead atoms. The van der Waals surface area contributed by atoms with Gasteiger partial charge in [-0.2, -0.15) is 5.10 Å². The molecule has 0 spiro atoms. The molecule has 0 atom stereocenters. The van der Waals surface area contributed by atoms with Gasteiger partial charge in [0.15, 0.2) is 5.65 Å². The second-order valence-electron chi connectivity index (χ2n) is 6.52. The first-order valence-corrected chi connectivity index (χ1v) is 8.70. The van der Waals surface area contributed by atoms with E-state index in [1.165, 1.54) is 18.2 Å². The molecule has 140 valence electrons. The van der Waals surface area contributed by atoms with Gasteiger partial charge in [-0.3, -0.25) is 0 Å². The second-order valence-corrected chi connectivity index (χ2v) is 6.52. The summed E-state index contributed by atoms with van der Waals surface area (Å²) in [6, 6.07) is 15.6. The molecule has 7 heteroatoms. The van der Waals surface area contributed by atoms with Gasteiger partial charge in [-0.05, 0) is 55.8 Å². The number of aromatic nitrogens is 3. The number of nitrogens with one attached hydrogen (secondary N) is 1. The van der Waals surface area contributed by atoms with Crippen molar-refractivity contribution in [2.75, 3.05) is 5.32 Å². The molecule has 3 N–H and O–H groups in total. The molecule has 0 saturated heterocycles. The van der Waals surface area contributed by atoms with Gasteiger partial charge in [0.25, 0.3) is 0 Å². The standard InChI is InChI=1S/C21H18N4O3/c1-12-10-18(22-16-11-14(21(27)28)8-9-17(16)26)23-20-19(12)13(2)24-25(20)15-6-4-3-5-7-15/h3-11,26H,1-2H3,(H,22,23)(H,27,28). The number of fused-ring (bicyclic) bond motifs is 1. The summed E-state index contributed by atoms with van der Waals surface area (Å²) in [5.74, 6) is -0.641. The topological polar surface area (TPSA) is 100 Å². The Morgan fingerprint density at radius 1 is 1.07 bits per heavy atom. The molecule has 0 unspecified atom stereocenters. The molecule has 0 fully saturated rings. The third-order valence-corrected chi connectivity index (χ3v) is 4.52. The lowest BCUT2D eigenvalue weighted by atomic mass is 10.1. The number of phenolic OH excluding ortho intramolecular Hbond substituents is 1. The lowest BCUT2D eigenvalue weighted by molar-refractivity contribution is 0.0697. The minimum absolute atomic E-state index is 0.0581. The van der Waals surface area contributed by atoms with Crippen LogP contribution in [-0.2, 0) is 0 Å². The maximum absolute atomic E-state index is 11.2. The van der Waals surface area contributed by atoms with E-state index in [0.29, 0.717) is 11.5 Å². The number of para-hydroxylation sites is 1. The zero-order valence-corrected chi connectivity index (χ0v) is 15.3. The number of aromatic hydroxyl groups is 1. The normalized spacial score (nSPS) is 10.9. The first kappa shape index (κ1) is 17.5. The highest BCUT2D eigenvalue weighted by Gasteiger charge is 2.15. The molecule has 4 rings (SSSR count). The lowest BCUT2D eigenvalue weighted by Crippen LogP contribution is -2.02. The number of aromatic carboxylic acids is 1. The van der Waals surface area contributed by atoms with Gasteiger partial charge in [0.1, 0.15) is 11.6 Å². The van der Waals surface area contributed by atoms with E-state index in [0.717, 1.165) is 22.3 Å². The van der Waals surface area contributed by atoms with Crippen LogP contribution < -0.4 is 5.32 Å². The van der Waals surface area contributed by atoms with E-state index in [4.69, 9.17) is 0 Å². The van der Waals surface area contributed by atoms with Crippen molar-refractivity contribution in [2.24, 2.45) is 0 Å². The number of hydrogen-bond donors (Lipinski definition) is 3. The van der Waals surface area contributed by atoms with Crippen molar-refractivity contribution in [2.45, 2.75) is 13.8 Å². The van der Waals surface area contributed by atoms with Gasteiger partial charge in [0.2, 0.25) is 0 Å². The number of phenols is 1. The first-order valence-electron chi connectivity index (χ1n) is 8.70. The van der Waals surface area contributed by atoms with E-state index in [2.05, 4.69) is 15.4 Å². The number of rotatable bonds is 4. The van der Waals surface area contributed by atoms with Crippen molar-refractivity contribution >= 4 is 28.5 Å². The summed E-state index contributed by atoms with van der Waals surface area (Å²) in [7, 11) is 0. The van der Waals surface area contributed by atoms with Crippen molar-refractivity contribution < 1.29 is 15.0 Å². The number of anilines is 2. The molecule has 0 aliphatic heterocycles. The maximum Gasteiger partial charge on any atom is 0.335 e. The highest BCUT2D eigenvalue weighted by molar-refractivity contribution is 5.90. The fourth-order valence-electron chi connectivity index (χ4n) is 3.22. The van der Waals surface area contributed by atoms with E-state index in [1.54, 1.807) is 4.68 Å². The van der Waals surface area contributed by atoms with Crippen LogP contribution in [0.2, 0.25) is 0 Å². The summed E-state index contributed by atoms with van der Waals surface area (Å²) in [6.45, 7) is 3.90. The summed E-state index contributed by atoms with van der Waals surface area (Å²) in [5.41, 5.74) is 3.75. The van der Waals surface area contributed by atoms with Crippen molar-refractivity contribution in [1.82, 2.24) is 14.8 Å². The largest absolute Gasteiger partial charge is 0.506 e. The summed E-state index contributed by atoms with van der Waals surface area (Å²) in [5, 5.41) is 27.9. The van der Waals surface area contributed by atoms with Crippen molar-refractivity contribution in [3.63, 3.8) is 0 Å². The Kier molecular flexibility index (Phi) is 4.19. The molecule has 0 aliphatic rings. The highest BCUT2D eigenvalue weighted by atomic mass is 16.4. The second kappa shape index (κ2) is 6.70. The van der Waals surface area contributed by atoms with Gasteiger partial charge in [-0.15, -0.1) is 0 Å². The third-order valence-electron chi connectivity index (χ3n) is 4.52. The van der Waals surface area contributed by atoms with Crippen LogP contribution in [0.4, 0.5) is 11.5 Å². The average molecular weight is 374 g/mol. The quantitative estimate of drug-likeness (QED) is 0.463. The Labute approximate surface area is 160 Å². The molecule has 0 amide bonds. The minimum Gasteiger partial charge on any atom is -0.506 e. The molecule has 2 aromatic heterocycles. The number of nitrogens with zero attached hydrogens (tertiary/aromatic N) is 3. The van der Waals surface area contributed by atoms with E-state index in [-0.39, 0.29) is 17.0 Å². The van der Waals surface area contributed by atoms with Crippen LogP contribution in [0.1, 0.15) is 21.6 Å². The molecule has 0 aliphatic carbocycles. The Morgan fingerprint density at radius 2 is 1.82 bits per heavy atom. The Hall–Kier alpha value is -3.87. The molecular formula is C21H18N4O3. The number of carboxylic acids is 1. The molecule has 2 heterocycles. The van der Waals surface area contributed by atoms with Crippen LogP contribution in [0.5, 0.6) is 5.75 Å². The maximum atomic E-state index is 11.2. The molecule has 0 radical (unpaired) electrons. The third kappa shape index (κ3) is 3.03. The van der Waals surface area contributed by atoms with Crippen LogP contribution in [0, 0.1) is 13.8 Å². The van der Waals surface area contributed by atoms with Gasteiger partial charge in [0.05, 0.1) is 22.6 Å². The Balaban J connectivity index is 1.84. The van der Waals surface area contributed by atoms with Gasteiger partial charge >= 0.3 is 5.97 Å². The summed E-state index contributed by atoms with van der Waals surface area (Å²) in [4.78, 5) is 15.9. The van der Waals surface area contributed by atoms with Gasteiger partial charge in [-0.1, -0.05) is 18.2 Å². The highest BCUT2D eigenvalue weighted by Crippen LogP contribution is 2.30. The van der Waals surface area contributed by atoms with Crippen LogP contribution in [-0.4, -0.2) is 30.9 Å². The molecule has 7 nitrogen and oxygen atoms in total.